The molecule has 0 saturated heterocycles. The molecule has 0 aliphatic carbocycles. The molecule has 5 aromatic carbocycles. The number of anilines is 13. The molecule has 21 rings (SSSR count). The highest BCUT2D eigenvalue weighted by Gasteiger charge is 2.44. The Morgan fingerprint density at radius 1 is 0.261 bits per heavy atom. The van der Waals surface area contributed by atoms with E-state index in [1.165, 1.54) is 5.56 Å². The monoisotopic (exact) mass is 1520 g/mol. The molecule has 115 heavy (non-hydrogen) atoms. The molecule has 17 aromatic rings. The molecule has 0 amide bonds. The van der Waals surface area contributed by atoms with Gasteiger partial charge in [0.25, 0.3) is 0 Å². The van der Waals surface area contributed by atoms with E-state index in [1.807, 2.05) is 94.8 Å². The second-order valence-electron chi connectivity index (χ2n) is 31.5. The van der Waals surface area contributed by atoms with E-state index in [0.717, 1.165) is 179 Å². The Morgan fingerprint density at radius 3 is 0.974 bits per heavy atom. The van der Waals surface area contributed by atoms with Crippen LogP contribution in [0.25, 0.3) is 88.3 Å². The van der Waals surface area contributed by atoms with E-state index in [0.29, 0.717) is 41.0 Å². The van der Waals surface area contributed by atoms with E-state index in [9.17, 15) is 0 Å². The average Bonchev–Trinajstić information content (AvgIpc) is 1.59. The number of benzene rings is 5. The highest BCUT2D eigenvalue weighted by atomic mass is 16.4. The van der Waals surface area contributed by atoms with E-state index in [1.54, 1.807) is 12.4 Å². The normalized spacial score (nSPS) is 16.4. The standard InChI is InChI=1S/C26H22N4O.2C23H24N4O.C22H23N5O/c1-16-11-13-20-21-14-12-17(2)28-26(21)31-24(20)23(16)30-18(3)29(19-8-5-4-6-9-19)22-10-7-15-27-25(22)30;1-13(2)26-16(5)27(19-7-6-12-24-22(19)26)20-14(3)8-10-17-18-11-9-15(4)25-23(18)28-21(17)20;1-13(2)26-16(5)27(22-19(26)7-6-12-24-22)20-14(3)8-10-17-18-11-9-15(4)25-23(18)28-21(17)20;1-12(2)26-15(5)27(21-20(26)23-10-11-24-21)18-13(3)6-8-16-17-9-7-14(4)25-22(17)28-19(16)18/h4-15,18H,1-3H3;2*6-13,16H,1-5H3;6-12,15H,1-5H3. The molecular formula is C94H93N17O4. The number of furan rings is 4. The maximum atomic E-state index is 6.36. The minimum absolute atomic E-state index is 0.0273. The number of pyridine rings is 7. The van der Waals surface area contributed by atoms with Crippen LogP contribution in [0.5, 0.6) is 0 Å². The third-order valence-corrected chi connectivity index (χ3v) is 23.0. The number of nitrogens with zero attached hydrogens (tertiary/aromatic N) is 17. The fourth-order valence-corrected chi connectivity index (χ4v) is 17.9. The maximum absolute atomic E-state index is 6.36. The molecule has 0 fully saturated rings. The molecule has 0 saturated carbocycles. The van der Waals surface area contributed by atoms with Crippen LogP contribution in [-0.4, -0.2) is 87.6 Å². The van der Waals surface area contributed by atoms with E-state index >= 15 is 0 Å². The lowest BCUT2D eigenvalue weighted by molar-refractivity contribution is 0.597. The lowest BCUT2D eigenvalue weighted by atomic mass is 10.1. The van der Waals surface area contributed by atoms with Crippen LogP contribution in [0.15, 0.2) is 212 Å². The number of rotatable bonds is 8. The van der Waals surface area contributed by atoms with Crippen LogP contribution < -0.4 is 39.2 Å². The minimum atomic E-state index is 0.0273. The summed E-state index contributed by atoms with van der Waals surface area (Å²) in [5.74, 6) is 4.70. The van der Waals surface area contributed by atoms with Crippen molar-refractivity contribution in [2.75, 3.05) is 39.2 Å². The first-order valence-electron chi connectivity index (χ1n) is 39.7. The van der Waals surface area contributed by atoms with E-state index < -0.39 is 0 Å². The third kappa shape index (κ3) is 12.0. The molecule has 4 aliphatic heterocycles. The first-order chi connectivity index (χ1) is 55.5. The van der Waals surface area contributed by atoms with Gasteiger partial charge in [0, 0.05) is 121 Å². The van der Waals surface area contributed by atoms with Gasteiger partial charge in [-0.25, -0.2) is 44.9 Å². The molecule has 16 heterocycles. The summed E-state index contributed by atoms with van der Waals surface area (Å²) in [5, 5.41) is 8.52. The molecule has 0 radical (unpaired) electrons. The van der Waals surface area contributed by atoms with Crippen molar-refractivity contribution in [3.63, 3.8) is 0 Å². The Morgan fingerprint density at radius 2 is 0.565 bits per heavy atom. The van der Waals surface area contributed by atoms with Gasteiger partial charge in [-0.1, -0.05) is 66.7 Å². The number of aryl methyl sites for hydroxylation is 8. The molecule has 578 valence electrons. The molecule has 4 atom stereocenters. The summed E-state index contributed by atoms with van der Waals surface area (Å²) in [6.45, 7) is 38.5. The molecular weight excluding hydrogens is 1430 g/mol. The van der Waals surface area contributed by atoms with Gasteiger partial charge in [-0.2, -0.15) is 0 Å². The van der Waals surface area contributed by atoms with Crippen molar-refractivity contribution < 1.29 is 17.7 Å². The highest BCUT2D eigenvalue weighted by Crippen LogP contribution is 2.54. The first-order valence-corrected chi connectivity index (χ1v) is 39.7. The predicted molar refractivity (Wildman–Crippen MR) is 467 cm³/mol. The minimum Gasteiger partial charge on any atom is -0.435 e. The summed E-state index contributed by atoms with van der Waals surface area (Å²) in [6.07, 6.45) is 9.46. The topological polar surface area (TPSA) is 194 Å². The third-order valence-electron chi connectivity index (χ3n) is 23.0. The molecule has 4 unspecified atom stereocenters. The lowest BCUT2D eigenvalue weighted by Crippen LogP contribution is -2.42. The fourth-order valence-electron chi connectivity index (χ4n) is 17.9. The van der Waals surface area contributed by atoms with Gasteiger partial charge in [0.2, 0.25) is 22.9 Å². The van der Waals surface area contributed by atoms with Crippen LogP contribution in [0.4, 0.5) is 74.6 Å². The van der Waals surface area contributed by atoms with Crippen LogP contribution in [0.2, 0.25) is 0 Å². The van der Waals surface area contributed by atoms with E-state index in [2.05, 4.69) is 281 Å². The molecule has 12 aromatic heterocycles. The van der Waals surface area contributed by atoms with Crippen LogP contribution in [0, 0.1) is 55.4 Å². The van der Waals surface area contributed by atoms with Crippen molar-refractivity contribution in [1.82, 2.24) is 44.9 Å². The largest absolute Gasteiger partial charge is 0.435 e. The Kier molecular flexibility index (Phi) is 18.2. The van der Waals surface area contributed by atoms with Gasteiger partial charge in [0.1, 0.15) is 24.7 Å². The fraction of sp³-hybridized carbons (Fsp3) is 0.266. The van der Waals surface area contributed by atoms with Crippen molar-refractivity contribution >= 4 is 163 Å². The number of para-hydroxylation sites is 1. The van der Waals surface area contributed by atoms with Gasteiger partial charge < -0.3 is 47.1 Å². The Labute approximate surface area is 668 Å². The number of hydrogen-bond acceptors (Lipinski definition) is 21. The second kappa shape index (κ2) is 28.5. The number of hydrogen-bond donors (Lipinski definition) is 0. The summed E-state index contributed by atoms with van der Waals surface area (Å²) in [7, 11) is 0. The molecule has 21 nitrogen and oxygen atoms in total. The van der Waals surface area contributed by atoms with E-state index in [-0.39, 0.29) is 24.7 Å². The van der Waals surface area contributed by atoms with Gasteiger partial charge in [0.15, 0.2) is 51.4 Å². The zero-order valence-corrected chi connectivity index (χ0v) is 68.3. The Bertz CT molecular complexity index is 6210. The zero-order chi connectivity index (χ0) is 79.8. The van der Waals surface area contributed by atoms with Crippen LogP contribution >= 0.6 is 0 Å². The highest BCUT2D eigenvalue weighted by molar-refractivity contribution is 6.14. The summed E-state index contributed by atoms with van der Waals surface area (Å²) < 4.78 is 25.3. The van der Waals surface area contributed by atoms with E-state index in [4.69, 9.17) is 32.6 Å². The molecule has 21 heteroatoms. The molecule has 0 spiro atoms. The molecule has 4 aliphatic rings. The van der Waals surface area contributed by atoms with Gasteiger partial charge in [0.05, 0.1) is 39.8 Å². The second-order valence-corrected chi connectivity index (χ2v) is 31.5. The van der Waals surface area contributed by atoms with Crippen molar-refractivity contribution in [3.05, 3.63) is 240 Å². The number of fused-ring (bicyclic) bond motifs is 16. The smallest absolute Gasteiger partial charge is 0.227 e. The van der Waals surface area contributed by atoms with Gasteiger partial charge in [-0.05, 0) is 244 Å². The Balaban J connectivity index is 0.000000106. The van der Waals surface area contributed by atoms with Crippen molar-refractivity contribution in [1.29, 1.82) is 0 Å². The van der Waals surface area contributed by atoms with Gasteiger partial charge >= 0.3 is 0 Å². The van der Waals surface area contributed by atoms with Crippen LogP contribution in [0.3, 0.4) is 0 Å². The van der Waals surface area contributed by atoms with Crippen molar-refractivity contribution in [3.8, 4) is 0 Å². The summed E-state index contributed by atoms with van der Waals surface area (Å²) in [5.41, 5.74) is 23.4. The summed E-state index contributed by atoms with van der Waals surface area (Å²) >= 11 is 0. The quantitative estimate of drug-likeness (QED) is 0.139. The number of aromatic nitrogens is 9. The summed E-state index contributed by atoms with van der Waals surface area (Å²) in [6, 6.07) is 57.6. The summed E-state index contributed by atoms with van der Waals surface area (Å²) in [4.78, 5) is 60.6. The SMILES string of the molecule is Cc1ccc2c(n1)oc1c(N3c4cccnc4N(C(C)C)C3C)c(C)ccc12.Cc1ccc2c(n1)oc1c(N3c4ncccc4N(C(C)C)C3C)c(C)ccc12.Cc1ccc2c(n1)oc1c(N3c4ncccc4N(c4ccccc4)C3C)c(C)ccc12.Cc1ccc2c(n1)oc1c(N3c4nccnc4N(C(C)C)C3C)c(C)ccc12. The lowest BCUT2D eigenvalue weighted by Gasteiger charge is -2.33. The van der Waals surface area contributed by atoms with Crippen LogP contribution in [-0.2, 0) is 0 Å². The maximum Gasteiger partial charge on any atom is 0.227 e. The average molecular weight is 1520 g/mol. The van der Waals surface area contributed by atoms with Crippen molar-refractivity contribution in [2.45, 2.75) is 167 Å². The van der Waals surface area contributed by atoms with Crippen LogP contribution in [0.1, 0.15) is 114 Å². The van der Waals surface area contributed by atoms with Gasteiger partial charge in [-0.15, -0.1) is 0 Å². The Hall–Kier alpha value is -13.2. The first kappa shape index (κ1) is 73.3. The zero-order valence-electron chi connectivity index (χ0n) is 68.3. The predicted octanol–water partition coefficient (Wildman–Crippen LogP) is 23.1. The van der Waals surface area contributed by atoms with Gasteiger partial charge in [-0.3, -0.25) is 9.80 Å². The molecule has 0 bridgehead atoms. The van der Waals surface area contributed by atoms with Crippen molar-refractivity contribution in [2.24, 2.45) is 0 Å². The molecule has 0 N–H and O–H groups in total.